The maximum absolute atomic E-state index is 3.44. The largest absolute Gasteiger partial charge is 0.316 e. The second-order valence-electron chi connectivity index (χ2n) is 4.30. The Hall–Kier alpha value is -0.820. The van der Waals surface area contributed by atoms with E-state index >= 15 is 0 Å². The first-order valence-electron chi connectivity index (χ1n) is 5.16. The Morgan fingerprint density at radius 2 is 1.92 bits per heavy atom. The Kier molecular flexibility index (Phi) is 1.50. The molecule has 1 N–H and O–H groups in total. The van der Waals surface area contributed by atoms with Crippen LogP contribution in [0.2, 0.25) is 0 Å². The number of fused-ring (bicyclic) bond motifs is 5. The fraction of sp³-hybridized carbons (Fsp3) is 0.500. The number of nitrogens with one attached hydrogen (secondary N) is 1. The average molecular weight is 173 g/mol. The normalized spacial score (nSPS) is 35.0. The van der Waals surface area contributed by atoms with E-state index in [9.17, 15) is 0 Å². The van der Waals surface area contributed by atoms with Gasteiger partial charge in [0.25, 0.3) is 0 Å². The highest BCUT2D eigenvalue weighted by Gasteiger charge is 2.42. The molecule has 0 spiro atoms. The van der Waals surface area contributed by atoms with Crippen molar-refractivity contribution in [2.45, 2.75) is 30.7 Å². The van der Waals surface area contributed by atoms with Crippen LogP contribution in [0.25, 0.3) is 0 Å². The van der Waals surface area contributed by atoms with Crippen molar-refractivity contribution >= 4 is 0 Å². The highest BCUT2D eigenvalue weighted by molar-refractivity contribution is 5.42. The third-order valence-corrected chi connectivity index (χ3v) is 3.77. The molecule has 2 aliphatic rings. The van der Waals surface area contributed by atoms with Gasteiger partial charge in [0.05, 0.1) is 0 Å². The minimum Gasteiger partial charge on any atom is -0.316 e. The maximum atomic E-state index is 3.44. The highest BCUT2D eigenvalue weighted by Crippen LogP contribution is 2.52. The molecule has 1 saturated carbocycles. The first kappa shape index (κ1) is 7.57. The zero-order valence-corrected chi connectivity index (χ0v) is 7.96. The lowest BCUT2D eigenvalue weighted by Gasteiger charge is -2.23. The molecule has 68 valence electrons. The van der Waals surface area contributed by atoms with Crippen LogP contribution < -0.4 is 5.32 Å². The summed E-state index contributed by atoms with van der Waals surface area (Å²) in [6.45, 7) is 0. The van der Waals surface area contributed by atoms with Gasteiger partial charge in [0, 0.05) is 12.0 Å². The van der Waals surface area contributed by atoms with E-state index in [1.54, 1.807) is 11.1 Å². The molecule has 0 aromatic heterocycles. The summed E-state index contributed by atoms with van der Waals surface area (Å²) < 4.78 is 0. The molecule has 0 radical (unpaired) electrons. The predicted molar refractivity (Wildman–Crippen MR) is 54.0 cm³/mol. The molecule has 1 unspecified atom stereocenters. The van der Waals surface area contributed by atoms with E-state index in [0.717, 1.165) is 17.9 Å². The van der Waals surface area contributed by atoms with Crippen LogP contribution >= 0.6 is 0 Å². The van der Waals surface area contributed by atoms with Gasteiger partial charge in [-0.2, -0.15) is 0 Å². The van der Waals surface area contributed by atoms with E-state index in [2.05, 4.69) is 36.6 Å². The molecule has 3 rings (SSSR count). The van der Waals surface area contributed by atoms with Gasteiger partial charge in [-0.25, -0.2) is 0 Å². The fourth-order valence-electron chi connectivity index (χ4n) is 3.17. The molecule has 13 heavy (non-hydrogen) atoms. The zero-order chi connectivity index (χ0) is 8.84. The molecule has 1 heteroatoms. The van der Waals surface area contributed by atoms with Crippen molar-refractivity contribution in [3.05, 3.63) is 35.4 Å². The van der Waals surface area contributed by atoms with Crippen molar-refractivity contribution in [2.24, 2.45) is 0 Å². The summed E-state index contributed by atoms with van der Waals surface area (Å²) in [6.07, 6.45) is 2.73. The smallest absolute Gasteiger partial charge is 0.0139 e. The maximum Gasteiger partial charge on any atom is 0.0139 e. The van der Waals surface area contributed by atoms with Crippen LogP contribution in [0.3, 0.4) is 0 Å². The monoisotopic (exact) mass is 173 g/mol. The second kappa shape index (κ2) is 2.58. The minimum atomic E-state index is 0.736. The minimum absolute atomic E-state index is 0.736. The Morgan fingerprint density at radius 3 is 2.69 bits per heavy atom. The third-order valence-electron chi connectivity index (χ3n) is 3.77. The summed E-state index contributed by atoms with van der Waals surface area (Å²) in [5, 5.41) is 3.44. The first-order valence-corrected chi connectivity index (χ1v) is 5.16. The highest BCUT2D eigenvalue weighted by atomic mass is 14.9. The summed E-state index contributed by atoms with van der Waals surface area (Å²) in [5.41, 5.74) is 3.23. The van der Waals surface area contributed by atoms with Gasteiger partial charge in [-0.1, -0.05) is 24.3 Å². The van der Waals surface area contributed by atoms with Crippen molar-refractivity contribution in [2.75, 3.05) is 7.05 Å². The summed E-state index contributed by atoms with van der Waals surface area (Å²) in [5.74, 6) is 1.64. The molecule has 3 atom stereocenters. The van der Waals surface area contributed by atoms with Gasteiger partial charge < -0.3 is 5.32 Å². The van der Waals surface area contributed by atoms with Crippen LogP contribution in [0.15, 0.2) is 24.3 Å². The van der Waals surface area contributed by atoms with Crippen LogP contribution in [0.4, 0.5) is 0 Å². The molecule has 0 heterocycles. The van der Waals surface area contributed by atoms with Gasteiger partial charge in [0.1, 0.15) is 0 Å². The van der Waals surface area contributed by atoms with E-state index in [0.29, 0.717) is 0 Å². The second-order valence-corrected chi connectivity index (χ2v) is 4.30. The van der Waals surface area contributed by atoms with Crippen LogP contribution in [0, 0.1) is 0 Å². The van der Waals surface area contributed by atoms with Crippen molar-refractivity contribution in [1.82, 2.24) is 5.32 Å². The number of likely N-dealkylation sites (N-methyl/N-ethyl adjacent to an activating group) is 1. The molecule has 0 saturated heterocycles. The van der Waals surface area contributed by atoms with Gasteiger partial charge in [0.15, 0.2) is 0 Å². The van der Waals surface area contributed by atoms with Gasteiger partial charge in [-0.05, 0) is 36.9 Å². The third kappa shape index (κ3) is 0.910. The van der Waals surface area contributed by atoms with Crippen LogP contribution in [0.1, 0.15) is 35.8 Å². The molecule has 0 aliphatic heterocycles. The molecular weight excluding hydrogens is 158 g/mol. The van der Waals surface area contributed by atoms with Gasteiger partial charge in [-0.15, -0.1) is 0 Å². The van der Waals surface area contributed by atoms with Gasteiger partial charge in [0.2, 0.25) is 0 Å². The van der Waals surface area contributed by atoms with Crippen LogP contribution in [0.5, 0.6) is 0 Å². The Bertz CT molecular complexity index is 330. The zero-order valence-electron chi connectivity index (χ0n) is 7.96. The lowest BCUT2D eigenvalue weighted by molar-refractivity contribution is 0.506. The van der Waals surface area contributed by atoms with Crippen molar-refractivity contribution < 1.29 is 0 Å². The number of hydrogen-bond donors (Lipinski definition) is 1. The van der Waals surface area contributed by atoms with Crippen molar-refractivity contribution in [1.29, 1.82) is 0 Å². The predicted octanol–water partition coefficient (Wildman–Crippen LogP) is 2.25. The topological polar surface area (TPSA) is 12.0 Å². The van der Waals surface area contributed by atoms with E-state index in [1.807, 2.05) is 0 Å². The molecule has 2 bridgehead atoms. The average Bonchev–Trinajstić information content (AvgIpc) is 2.75. The van der Waals surface area contributed by atoms with Crippen LogP contribution in [-0.2, 0) is 0 Å². The quantitative estimate of drug-likeness (QED) is 0.687. The molecule has 0 amide bonds. The Labute approximate surface area is 79.2 Å². The molecule has 1 aromatic carbocycles. The van der Waals surface area contributed by atoms with E-state index < -0.39 is 0 Å². The molecule has 1 aromatic rings. The first-order chi connectivity index (χ1) is 6.40. The summed E-state index contributed by atoms with van der Waals surface area (Å²) in [6, 6.07) is 9.70. The number of benzene rings is 1. The van der Waals surface area contributed by atoms with Gasteiger partial charge in [-0.3, -0.25) is 0 Å². The molecule has 1 fully saturated rings. The fourth-order valence-corrected chi connectivity index (χ4v) is 3.17. The lowest BCUT2D eigenvalue weighted by Crippen LogP contribution is -2.29. The van der Waals surface area contributed by atoms with Crippen molar-refractivity contribution in [3.63, 3.8) is 0 Å². The molecule has 2 aliphatic carbocycles. The Morgan fingerprint density at radius 1 is 1.15 bits per heavy atom. The van der Waals surface area contributed by atoms with E-state index in [1.165, 1.54) is 12.8 Å². The van der Waals surface area contributed by atoms with Gasteiger partial charge >= 0.3 is 0 Å². The standard InChI is InChI=1S/C12H15N/c1-13-12-7-8-6-11(12)10-5-3-2-4-9(8)10/h2-5,8,11-13H,6-7H2,1H3/t8?,11-,12+/m1/s1. The summed E-state index contributed by atoms with van der Waals surface area (Å²) >= 11 is 0. The summed E-state index contributed by atoms with van der Waals surface area (Å²) in [4.78, 5) is 0. The number of rotatable bonds is 1. The Balaban J connectivity index is 2.07. The SMILES string of the molecule is CN[C@H]1CC2C[C@@H]1c1ccccc12. The van der Waals surface area contributed by atoms with E-state index in [4.69, 9.17) is 0 Å². The van der Waals surface area contributed by atoms with E-state index in [-0.39, 0.29) is 0 Å². The van der Waals surface area contributed by atoms with Crippen molar-refractivity contribution in [3.8, 4) is 0 Å². The molecule has 1 nitrogen and oxygen atoms in total. The number of hydrogen-bond acceptors (Lipinski definition) is 1. The molecular formula is C12H15N. The van der Waals surface area contributed by atoms with Crippen LogP contribution in [-0.4, -0.2) is 13.1 Å². The lowest BCUT2D eigenvalue weighted by atomic mass is 9.88. The summed E-state index contributed by atoms with van der Waals surface area (Å²) in [7, 11) is 2.09.